The molecule has 3 amide bonds. The van der Waals surface area contributed by atoms with E-state index in [0.717, 1.165) is 17.1 Å². The van der Waals surface area contributed by atoms with Crippen molar-refractivity contribution < 1.29 is 23.8 Å². The lowest BCUT2D eigenvalue weighted by molar-refractivity contribution is -0.148. The summed E-state index contributed by atoms with van der Waals surface area (Å²) in [5.41, 5.74) is 0.971. The quantitative estimate of drug-likeness (QED) is 0.796. The van der Waals surface area contributed by atoms with Crippen LogP contribution in [0.5, 0.6) is 11.5 Å². The highest BCUT2D eigenvalue weighted by atomic mass is 16.6. The predicted octanol–water partition coefficient (Wildman–Crippen LogP) is 2.58. The van der Waals surface area contributed by atoms with Gasteiger partial charge in [-0.15, -0.1) is 0 Å². The first-order chi connectivity index (χ1) is 14.9. The molecule has 0 bridgehead atoms. The second-order valence-corrected chi connectivity index (χ2v) is 8.84. The second-order valence-electron chi connectivity index (χ2n) is 8.84. The molecule has 31 heavy (non-hydrogen) atoms. The van der Waals surface area contributed by atoms with Crippen molar-refractivity contribution in [1.82, 2.24) is 15.1 Å². The van der Waals surface area contributed by atoms with Crippen LogP contribution < -0.4 is 14.8 Å². The molecule has 8 nitrogen and oxygen atoms in total. The number of hydrogen-bond acceptors (Lipinski definition) is 5. The number of carbonyl (C=O) groups excluding carboxylic acids is 2. The number of nitrogens with zero attached hydrogens (tertiary/aromatic N) is 2. The number of piperidine rings is 1. The smallest absolute Gasteiger partial charge is 0.317 e. The highest BCUT2D eigenvalue weighted by Gasteiger charge is 2.33. The third kappa shape index (κ3) is 5.06. The van der Waals surface area contributed by atoms with E-state index >= 15 is 0 Å². The summed E-state index contributed by atoms with van der Waals surface area (Å²) in [6.45, 7) is 9.54. The average Bonchev–Trinajstić information content (AvgIpc) is 2.77. The van der Waals surface area contributed by atoms with Crippen LogP contribution in [0.2, 0.25) is 0 Å². The van der Waals surface area contributed by atoms with Gasteiger partial charge in [-0.3, -0.25) is 4.79 Å². The first-order valence-electron chi connectivity index (χ1n) is 11.3. The molecule has 2 fully saturated rings. The molecule has 8 heteroatoms. The Labute approximate surface area is 183 Å². The van der Waals surface area contributed by atoms with Crippen LogP contribution in [0.4, 0.5) is 4.79 Å². The van der Waals surface area contributed by atoms with Gasteiger partial charge in [0, 0.05) is 32.1 Å². The standard InChI is InChI=1S/C23H33N3O5/c1-15-13-26(14-16(2)31-15)22(27)18-6-8-25(9-7-18)23(28)24-17(3)19-4-5-20-21(12-19)30-11-10-29-20/h4-5,12,15-18H,6-11,13-14H2,1-3H3,(H,24,28)/t15-,16-,17+/m1/s1. The van der Waals surface area contributed by atoms with Gasteiger partial charge in [0.05, 0.1) is 18.2 Å². The van der Waals surface area contributed by atoms with E-state index in [-0.39, 0.29) is 36.1 Å². The molecule has 0 radical (unpaired) electrons. The molecule has 1 N–H and O–H groups in total. The number of urea groups is 1. The monoisotopic (exact) mass is 431 g/mol. The van der Waals surface area contributed by atoms with Gasteiger partial charge in [-0.05, 0) is 51.3 Å². The first-order valence-corrected chi connectivity index (χ1v) is 11.3. The van der Waals surface area contributed by atoms with Crippen LogP contribution in [0, 0.1) is 5.92 Å². The number of fused-ring (bicyclic) bond motifs is 1. The molecule has 0 aromatic heterocycles. The highest BCUT2D eigenvalue weighted by Crippen LogP contribution is 2.32. The predicted molar refractivity (Wildman–Crippen MR) is 115 cm³/mol. The topological polar surface area (TPSA) is 80.3 Å². The Bertz CT molecular complexity index is 798. The Morgan fingerprint density at radius 2 is 1.65 bits per heavy atom. The van der Waals surface area contributed by atoms with E-state index in [1.54, 1.807) is 0 Å². The van der Waals surface area contributed by atoms with Crippen molar-refractivity contribution in [3.05, 3.63) is 23.8 Å². The maximum atomic E-state index is 12.9. The van der Waals surface area contributed by atoms with E-state index in [0.29, 0.717) is 52.2 Å². The number of rotatable bonds is 3. The van der Waals surface area contributed by atoms with Crippen LogP contribution >= 0.6 is 0 Å². The summed E-state index contributed by atoms with van der Waals surface area (Å²) in [5.74, 6) is 1.64. The number of morpholine rings is 1. The number of benzene rings is 1. The number of nitrogens with one attached hydrogen (secondary N) is 1. The van der Waals surface area contributed by atoms with Crippen molar-refractivity contribution in [2.24, 2.45) is 5.92 Å². The zero-order valence-electron chi connectivity index (χ0n) is 18.6. The van der Waals surface area contributed by atoms with Gasteiger partial charge in [-0.25, -0.2) is 4.79 Å². The molecule has 170 valence electrons. The Kier molecular flexibility index (Phi) is 6.55. The fourth-order valence-corrected chi connectivity index (χ4v) is 4.63. The first kappa shape index (κ1) is 21.7. The zero-order valence-corrected chi connectivity index (χ0v) is 18.6. The number of hydrogen-bond donors (Lipinski definition) is 1. The van der Waals surface area contributed by atoms with E-state index < -0.39 is 0 Å². The Morgan fingerprint density at radius 3 is 2.32 bits per heavy atom. The lowest BCUT2D eigenvalue weighted by atomic mass is 9.95. The van der Waals surface area contributed by atoms with Gasteiger partial charge in [0.1, 0.15) is 13.2 Å². The summed E-state index contributed by atoms with van der Waals surface area (Å²) in [6, 6.07) is 5.51. The Balaban J connectivity index is 1.28. The van der Waals surface area contributed by atoms with Crippen LogP contribution in [0.1, 0.15) is 45.2 Å². The Morgan fingerprint density at radius 1 is 1.00 bits per heavy atom. The molecule has 3 aliphatic heterocycles. The van der Waals surface area contributed by atoms with Crippen LogP contribution in [0.3, 0.4) is 0 Å². The highest BCUT2D eigenvalue weighted by molar-refractivity contribution is 5.80. The number of ether oxygens (including phenoxy) is 3. The van der Waals surface area contributed by atoms with Crippen molar-refractivity contribution >= 4 is 11.9 Å². The maximum absolute atomic E-state index is 12.9. The average molecular weight is 432 g/mol. The van der Waals surface area contributed by atoms with Gasteiger partial charge in [-0.1, -0.05) is 6.07 Å². The number of carbonyl (C=O) groups is 2. The minimum Gasteiger partial charge on any atom is -0.486 e. The van der Waals surface area contributed by atoms with E-state index in [4.69, 9.17) is 14.2 Å². The van der Waals surface area contributed by atoms with Crippen molar-refractivity contribution in [2.75, 3.05) is 39.4 Å². The SMILES string of the molecule is C[C@@H]1CN(C(=O)C2CCN(C(=O)N[C@@H](C)c3ccc4c(c3)OCCO4)CC2)C[C@@H](C)O1. The molecule has 3 atom stereocenters. The van der Waals surface area contributed by atoms with E-state index in [1.807, 2.05) is 48.8 Å². The maximum Gasteiger partial charge on any atom is 0.317 e. The normalized spacial score (nSPS) is 25.1. The summed E-state index contributed by atoms with van der Waals surface area (Å²) in [7, 11) is 0. The van der Waals surface area contributed by atoms with Gasteiger partial charge in [0.15, 0.2) is 11.5 Å². The molecule has 0 unspecified atom stereocenters. The molecular formula is C23H33N3O5. The van der Waals surface area contributed by atoms with Gasteiger partial charge < -0.3 is 29.3 Å². The van der Waals surface area contributed by atoms with Crippen molar-refractivity contribution in [3.8, 4) is 11.5 Å². The summed E-state index contributed by atoms with van der Waals surface area (Å²) < 4.78 is 16.9. The van der Waals surface area contributed by atoms with Crippen LogP contribution in [-0.2, 0) is 9.53 Å². The molecule has 0 aliphatic carbocycles. The summed E-state index contributed by atoms with van der Waals surface area (Å²) in [4.78, 5) is 29.5. The van der Waals surface area contributed by atoms with Gasteiger partial charge in [0.25, 0.3) is 0 Å². The zero-order chi connectivity index (χ0) is 22.0. The molecule has 1 aromatic rings. The molecule has 2 saturated heterocycles. The molecule has 1 aromatic carbocycles. The number of amides is 3. The molecule has 3 aliphatic rings. The molecular weight excluding hydrogens is 398 g/mol. The second kappa shape index (κ2) is 9.34. The fourth-order valence-electron chi connectivity index (χ4n) is 4.63. The largest absolute Gasteiger partial charge is 0.486 e. The lowest BCUT2D eigenvalue weighted by Gasteiger charge is -2.39. The third-order valence-electron chi connectivity index (χ3n) is 6.27. The van der Waals surface area contributed by atoms with E-state index in [1.165, 1.54) is 0 Å². The number of likely N-dealkylation sites (tertiary alicyclic amines) is 1. The molecule has 0 saturated carbocycles. The molecule has 0 spiro atoms. The third-order valence-corrected chi connectivity index (χ3v) is 6.27. The van der Waals surface area contributed by atoms with Crippen LogP contribution in [-0.4, -0.2) is 73.3 Å². The van der Waals surface area contributed by atoms with Gasteiger partial charge in [0.2, 0.25) is 5.91 Å². The van der Waals surface area contributed by atoms with Crippen molar-refractivity contribution in [2.45, 2.75) is 51.9 Å². The van der Waals surface area contributed by atoms with Crippen molar-refractivity contribution in [3.63, 3.8) is 0 Å². The minimum absolute atomic E-state index is 0.0169. The fraction of sp³-hybridized carbons (Fsp3) is 0.652. The molecule has 3 heterocycles. The van der Waals surface area contributed by atoms with E-state index in [2.05, 4.69) is 5.32 Å². The lowest BCUT2D eigenvalue weighted by Crippen LogP contribution is -2.52. The summed E-state index contributed by atoms with van der Waals surface area (Å²) >= 11 is 0. The van der Waals surface area contributed by atoms with Crippen molar-refractivity contribution in [1.29, 1.82) is 0 Å². The minimum atomic E-state index is -0.154. The van der Waals surface area contributed by atoms with Gasteiger partial charge in [-0.2, -0.15) is 0 Å². The van der Waals surface area contributed by atoms with E-state index in [9.17, 15) is 9.59 Å². The van der Waals surface area contributed by atoms with Crippen LogP contribution in [0.15, 0.2) is 18.2 Å². The van der Waals surface area contributed by atoms with Gasteiger partial charge >= 0.3 is 6.03 Å². The molecule has 4 rings (SSSR count). The van der Waals surface area contributed by atoms with Crippen LogP contribution in [0.25, 0.3) is 0 Å². The summed E-state index contributed by atoms with van der Waals surface area (Å²) in [6.07, 6.45) is 1.54. The summed E-state index contributed by atoms with van der Waals surface area (Å²) in [5, 5.41) is 3.07. The Hall–Kier alpha value is -2.48.